The fourth-order valence-electron chi connectivity index (χ4n) is 2.72. The van der Waals surface area contributed by atoms with Gasteiger partial charge in [-0.15, -0.1) is 11.3 Å². The molecule has 2 aromatic rings. The van der Waals surface area contributed by atoms with Gasteiger partial charge in [0, 0.05) is 23.4 Å². The topological polar surface area (TPSA) is 33.1 Å². The minimum absolute atomic E-state index is 0.00752. The van der Waals surface area contributed by atoms with E-state index in [0.29, 0.717) is 8.67 Å². The SMILES string of the molecule is OC(c1cc(Cl)sc1Cl)C1CCCc2cccnc21. The first-order chi connectivity index (χ1) is 9.16. The number of nitrogens with zero attached hydrogens (tertiary/aromatic N) is 1. The number of aliphatic hydroxyl groups excluding tert-OH is 1. The maximum atomic E-state index is 10.6. The van der Waals surface area contributed by atoms with Crippen LogP contribution in [0.5, 0.6) is 0 Å². The fourth-order valence-corrected chi connectivity index (χ4v) is 4.26. The Balaban J connectivity index is 1.97. The van der Waals surface area contributed by atoms with E-state index in [4.69, 9.17) is 23.2 Å². The lowest BCUT2D eigenvalue weighted by molar-refractivity contribution is 0.134. The predicted molar refractivity (Wildman–Crippen MR) is 79.2 cm³/mol. The number of fused-ring (bicyclic) bond motifs is 1. The van der Waals surface area contributed by atoms with Gasteiger partial charge in [0.05, 0.1) is 10.4 Å². The molecular weight excluding hydrogens is 301 g/mol. The van der Waals surface area contributed by atoms with Gasteiger partial charge in [0.25, 0.3) is 0 Å². The van der Waals surface area contributed by atoms with Gasteiger partial charge in [-0.25, -0.2) is 0 Å². The predicted octanol–water partition coefficient (Wildman–Crippen LogP) is 4.60. The molecule has 3 rings (SSSR count). The van der Waals surface area contributed by atoms with E-state index in [1.807, 2.05) is 6.07 Å². The summed E-state index contributed by atoms with van der Waals surface area (Å²) in [5.41, 5.74) is 2.95. The van der Waals surface area contributed by atoms with E-state index in [9.17, 15) is 5.11 Å². The highest BCUT2D eigenvalue weighted by molar-refractivity contribution is 7.20. The van der Waals surface area contributed by atoms with Crippen molar-refractivity contribution in [1.82, 2.24) is 4.98 Å². The second-order valence-corrected chi connectivity index (χ2v) is 7.06. The van der Waals surface area contributed by atoms with Gasteiger partial charge < -0.3 is 5.11 Å². The Labute approximate surface area is 126 Å². The van der Waals surface area contributed by atoms with E-state index >= 15 is 0 Å². The highest BCUT2D eigenvalue weighted by atomic mass is 35.5. The van der Waals surface area contributed by atoms with Crippen LogP contribution in [0.25, 0.3) is 0 Å². The summed E-state index contributed by atoms with van der Waals surface area (Å²) in [4.78, 5) is 4.45. The molecule has 0 radical (unpaired) electrons. The molecule has 19 heavy (non-hydrogen) atoms. The third kappa shape index (κ3) is 2.52. The molecule has 0 saturated carbocycles. The average Bonchev–Trinajstić information content (AvgIpc) is 2.76. The zero-order valence-corrected chi connectivity index (χ0v) is 12.5. The van der Waals surface area contributed by atoms with E-state index in [0.717, 1.165) is 30.5 Å². The molecule has 0 spiro atoms. The summed E-state index contributed by atoms with van der Waals surface area (Å²) in [6.07, 6.45) is 4.17. The van der Waals surface area contributed by atoms with Crippen molar-refractivity contribution in [2.24, 2.45) is 0 Å². The highest BCUT2D eigenvalue weighted by Gasteiger charge is 2.30. The molecule has 1 N–H and O–H groups in total. The van der Waals surface area contributed by atoms with Crippen LogP contribution in [0.1, 0.15) is 41.7 Å². The van der Waals surface area contributed by atoms with Crippen LogP contribution in [0.4, 0.5) is 0 Å². The maximum absolute atomic E-state index is 10.6. The second-order valence-electron chi connectivity index (χ2n) is 4.77. The number of pyridine rings is 1. The summed E-state index contributed by atoms with van der Waals surface area (Å²) in [5.74, 6) is 0.00752. The summed E-state index contributed by atoms with van der Waals surface area (Å²) in [6, 6.07) is 5.79. The van der Waals surface area contributed by atoms with Gasteiger partial charge in [0.1, 0.15) is 4.34 Å². The lowest BCUT2D eigenvalue weighted by Crippen LogP contribution is -2.18. The first-order valence-corrected chi connectivity index (χ1v) is 7.80. The quantitative estimate of drug-likeness (QED) is 0.878. The molecule has 2 unspecified atom stereocenters. The number of rotatable bonds is 2. The van der Waals surface area contributed by atoms with Crippen LogP contribution in [0.15, 0.2) is 24.4 Å². The molecule has 1 aliphatic rings. The molecule has 0 aromatic carbocycles. The summed E-state index contributed by atoms with van der Waals surface area (Å²) < 4.78 is 1.18. The Kier molecular flexibility index (Phi) is 3.81. The fraction of sp³-hybridized carbons (Fsp3) is 0.357. The van der Waals surface area contributed by atoms with Crippen LogP contribution in [-0.2, 0) is 6.42 Å². The minimum Gasteiger partial charge on any atom is -0.388 e. The summed E-state index contributed by atoms with van der Waals surface area (Å²) in [6.45, 7) is 0. The standard InChI is InChI=1S/C14H13Cl2NOS/c15-11-7-10(14(16)19-11)13(18)9-5-1-3-8-4-2-6-17-12(8)9/h2,4,6-7,9,13,18H,1,3,5H2. The van der Waals surface area contributed by atoms with Crippen molar-refractivity contribution in [1.29, 1.82) is 0 Å². The molecule has 0 aliphatic heterocycles. The molecule has 0 amide bonds. The second kappa shape index (κ2) is 5.41. The van der Waals surface area contributed by atoms with Crippen molar-refractivity contribution < 1.29 is 5.11 Å². The van der Waals surface area contributed by atoms with Crippen molar-refractivity contribution in [3.8, 4) is 0 Å². The molecule has 1 aliphatic carbocycles. The van der Waals surface area contributed by atoms with E-state index < -0.39 is 6.10 Å². The molecule has 2 atom stereocenters. The van der Waals surface area contributed by atoms with Crippen LogP contribution in [0.2, 0.25) is 8.67 Å². The number of aryl methyl sites for hydroxylation is 1. The zero-order valence-electron chi connectivity index (χ0n) is 10.1. The summed E-state index contributed by atoms with van der Waals surface area (Å²) in [5, 5.41) is 10.6. The van der Waals surface area contributed by atoms with Crippen LogP contribution < -0.4 is 0 Å². The number of aliphatic hydroxyl groups is 1. The van der Waals surface area contributed by atoms with E-state index in [1.165, 1.54) is 16.9 Å². The van der Waals surface area contributed by atoms with Gasteiger partial charge in [0.15, 0.2) is 0 Å². The number of halogens is 2. The Morgan fingerprint density at radius 3 is 3.00 bits per heavy atom. The smallest absolute Gasteiger partial charge is 0.100 e. The van der Waals surface area contributed by atoms with Crippen molar-refractivity contribution in [3.63, 3.8) is 0 Å². The Bertz CT molecular complexity index is 599. The third-order valence-electron chi connectivity index (χ3n) is 3.62. The van der Waals surface area contributed by atoms with Crippen molar-refractivity contribution >= 4 is 34.5 Å². The van der Waals surface area contributed by atoms with Crippen LogP contribution in [0.3, 0.4) is 0 Å². The molecule has 100 valence electrons. The maximum Gasteiger partial charge on any atom is 0.100 e. The highest BCUT2D eigenvalue weighted by Crippen LogP contribution is 2.44. The molecule has 0 fully saturated rings. The minimum atomic E-state index is -0.634. The van der Waals surface area contributed by atoms with E-state index in [2.05, 4.69) is 11.1 Å². The third-order valence-corrected chi connectivity index (χ3v) is 5.14. The van der Waals surface area contributed by atoms with Gasteiger partial charge >= 0.3 is 0 Å². The molecule has 2 nitrogen and oxygen atoms in total. The van der Waals surface area contributed by atoms with Gasteiger partial charge in [-0.1, -0.05) is 29.3 Å². The van der Waals surface area contributed by atoms with Gasteiger partial charge in [-0.05, 0) is 37.0 Å². The molecule has 0 bridgehead atoms. The zero-order chi connectivity index (χ0) is 13.4. The Morgan fingerprint density at radius 2 is 2.26 bits per heavy atom. The first-order valence-electron chi connectivity index (χ1n) is 6.23. The van der Waals surface area contributed by atoms with Crippen molar-refractivity contribution in [2.45, 2.75) is 31.3 Å². The number of hydrogen-bond acceptors (Lipinski definition) is 3. The van der Waals surface area contributed by atoms with Crippen LogP contribution in [0, 0.1) is 0 Å². The first kappa shape index (κ1) is 13.4. The van der Waals surface area contributed by atoms with E-state index in [-0.39, 0.29) is 5.92 Å². The van der Waals surface area contributed by atoms with E-state index in [1.54, 1.807) is 12.3 Å². The lowest BCUT2D eigenvalue weighted by Gasteiger charge is -2.28. The van der Waals surface area contributed by atoms with Crippen molar-refractivity contribution in [3.05, 3.63) is 49.9 Å². The number of thiophene rings is 1. The Hall–Kier alpha value is -0.610. The molecule has 0 saturated heterocycles. The van der Waals surface area contributed by atoms with Crippen LogP contribution in [-0.4, -0.2) is 10.1 Å². The number of hydrogen-bond donors (Lipinski definition) is 1. The summed E-state index contributed by atoms with van der Waals surface area (Å²) in [7, 11) is 0. The molecule has 5 heteroatoms. The normalized spacial score (nSPS) is 20.1. The van der Waals surface area contributed by atoms with Gasteiger partial charge in [-0.3, -0.25) is 4.98 Å². The molecular formula is C14H13Cl2NOS. The largest absolute Gasteiger partial charge is 0.388 e. The lowest BCUT2D eigenvalue weighted by atomic mass is 9.81. The van der Waals surface area contributed by atoms with Crippen LogP contribution >= 0.6 is 34.5 Å². The average molecular weight is 314 g/mol. The monoisotopic (exact) mass is 313 g/mol. The van der Waals surface area contributed by atoms with Crippen molar-refractivity contribution in [2.75, 3.05) is 0 Å². The number of aromatic nitrogens is 1. The molecule has 2 aromatic heterocycles. The summed E-state index contributed by atoms with van der Waals surface area (Å²) >= 11 is 13.4. The van der Waals surface area contributed by atoms with Gasteiger partial charge in [0.2, 0.25) is 0 Å². The Morgan fingerprint density at radius 1 is 1.42 bits per heavy atom. The molecule has 2 heterocycles. The van der Waals surface area contributed by atoms with Gasteiger partial charge in [-0.2, -0.15) is 0 Å².